The molecule has 0 bridgehead atoms. The van der Waals surface area contributed by atoms with Crippen LogP contribution in [0.3, 0.4) is 0 Å². The lowest BCUT2D eigenvalue weighted by Crippen LogP contribution is -2.40. The molecule has 0 saturated heterocycles. The van der Waals surface area contributed by atoms with Gasteiger partial charge >= 0.3 is 5.97 Å². The standard InChI is InChI=1S/C19H37IO3SSi/c1-8-10-14-24-18(20)16(15-17(21)22-9-2)12-11-13-23-25(6,7)19(3,4)5/h8-15H2,1-7H3/b18-16+. The summed E-state index contributed by atoms with van der Waals surface area (Å²) in [5, 5.41) is 0.237. The van der Waals surface area contributed by atoms with E-state index < -0.39 is 8.32 Å². The first-order valence-electron chi connectivity index (χ1n) is 9.35. The zero-order chi connectivity index (χ0) is 19.5. The molecule has 0 heterocycles. The summed E-state index contributed by atoms with van der Waals surface area (Å²) >= 11 is 4.25. The molecule has 0 aliphatic heterocycles. The number of hydrogen-bond acceptors (Lipinski definition) is 4. The Balaban J connectivity index is 4.67. The largest absolute Gasteiger partial charge is 0.466 e. The third-order valence-electron chi connectivity index (χ3n) is 4.56. The predicted molar refractivity (Wildman–Crippen MR) is 122 cm³/mol. The summed E-state index contributed by atoms with van der Waals surface area (Å²) < 4.78 is 12.7. The van der Waals surface area contributed by atoms with Crippen LogP contribution in [-0.4, -0.2) is 33.3 Å². The Hall–Kier alpha value is 0.467. The van der Waals surface area contributed by atoms with E-state index in [0.717, 1.165) is 25.2 Å². The molecule has 0 radical (unpaired) electrons. The van der Waals surface area contributed by atoms with E-state index in [-0.39, 0.29) is 11.0 Å². The number of halogens is 1. The van der Waals surface area contributed by atoms with Crippen LogP contribution in [0.1, 0.15) is 66.7 Å². The summed E-state index contributed by atoms with van der Waals surface area (Å²) in [5.74, 6) is 0.995. The van der Waals surface area contributed by atoms with Crippen molar-refractivity contribution in [2.75, 3.05) is 19.0 Å². The number of rotatable bonds is 12. The Morgan fingerprint density at radius 3 is 2.32 bits per heavy atom. The van der Waals surface area contributed by atoms with E-state index in [4.69, 9.17) is 9.16 Å². The zero-order valence-corrected chi connectivity index (χ0v) is 21.1. The molecule has 0 aliphatic carbocycles. The van der Waals surface area contributed by atoms with E-state index in [9.17, 15) is 4.79 Å². The molecule has 0 amide bonds. The minimum atomic E-state index is -1.69. The number of esters is 1. The molecular formula is C19H37IO3SSi. The molecule has 0 atom stereocenters. The van der Waals surface area contributed by atoms with Crippen LogP contribution in [0.25, 0.3) is 0 Å². The normalized spacial score (nSPS) is 13.6. The van der Waals surface area contributed by atoms with Gasteiger partial charge in [-0.05, 0) is 78.2 Å². The highest BCUT2D eigenvalue weighted by molar-refractivity contribution is 14.1. The van der Waals surface area contributed by atoms with Crippen molar-refractivity contribution >= 4 is 48.6 Å². The lowest BCUT2D eigenvalue weighted by Gasteiger charge is -2.36. The smallest absolute Gasteiger partial charge is 0.309 e. The Morgan fingerprint density at radius 1 is 1.16 bits per heavy atom. The van der Waals surface area contributed by atoms with Crippen LogP contribution in [0.2, 0.25) is 18.1 Å². The zero-order valence-electron chi connectivity index (χ0n) is 17.2. The fraction of sp³-hybridized carbons (Fsp3) is 0.842. The van der Waals surface area contributed by atoms with Crippen LogP contribution in [0, 0.1) is 0 Å². The molecule has 0 fully saturated rings. The van der Waals surface area contributed by atoms with Crippen molar-refractivity contribution in [2.45, 2.75) is 84.9 Å². The van der Waals surface area contributed by atoms with Gasteiger partial charge in [-0.25, -0.2) is 0 Å². The fourth-order valence-electron chi connectivity index (χ4n) is 1.88. The maximum absolute atomic E-state index is 11.9. The lowest BCUT2D eigenvalue weighted by molar-refractivity contribution is -0.142. The molecule has 0 N–H and O–H groups in total. The van der Waals surface area contributed by atoms with Crippen molar-refractivity contribution in [3.05, 3.63) is 8.48 Å². The van der Waals surface area contributed by atoms with Gasteiger partial charge in [0.2, 0.25) is 0 Å². The highest BCUT2D eigenvalue weighted by Gasteiger charge is 2.36. The van der Waals surface area contributed by atoms with E-state index >= 15 is 0 Å². The number of carbonyl (C=O) groups is 1. The van der Waals surface area contributed by atoms with Gasteiger partial charge in [-0.2, -0.15) is 0 Å². The molecule has 0 saturated carbocycles. The molecule has 0 aromatic carbocycles. The van der Waals surface area contributed by atoms with Gasteiger partial charge in [0, 0.05) is 9.52 Å². The molecule has 0 aliphatic rings. The Labute approximate surface area is 174 Å². The van der Waals surface area contributed by atoms with Crippen molar-refractivity contribution < 1.29 is 14.0 Å². The van der Waals surface area contributed by atoms with Crippen molar-refractivity contribution in [3.8, 4) is 0 Å². The lowest BCUT2D eigenvalue weighted by atomic mass is 10.1. The molecule has 0 aromatic heterocycles. The van der Waals surface area contributed by atoms with Crippen molar-refractivity contribution in [1.82, 2.24) is 0 Å². The second kappa shape index (κ2) is 12.8. The van der Waals surface area contributed by atoms with Gasteiger partial charge < -0.3 is 9.16 Å². The second-order valence-corrected chi connectivity index (χ2v) is 15.5. The van der Waals surface area contributed by atoms with Crippen LogP contribution in [-0.2, 0) is 14.0 Å². The molecule has 0 spiro atoms. The molecular weight excluding hydrogens is 463 g/mol. The Kier molecular flexibility index (Phi) is 13.0. The predicted octanol–water partition coefficient (Wildman–Crippen LogP) is 6.92. The SMILES string of the molecule is CCCCS/C(I)=C(\CCCO[Si](C)(C)C(C)(C)C)CC(=O)OCC. The van der Waals surface area contributed by atoms with E-state index in [0.29, 0.717) is 13.0 Å². The van der Waals surface area contributed by atoms with E-state index in [1.54, 1.807) is 0 Å². The molecule has 6 heteroatoms. The van der Waals surface area contributed by atoms with Gasteiger partial charge in [0.25, 0.3) is 0 Å². The summed E-state index contributed by atoms with van der Waals surface area (Å²) in [7, 11) is -1.69. The first kappa shape index (κ1) is 25.5. The number of unbranched alkanes of at least 4 members (excludes halogenated alkanes) is 1. The topological polar surface area (TPSA) is 35.5 Å². The average molecular weight is 501 g/mol. The fourth-order valence-corrected chi connectivity index (χ4v) is 5.08. The van der Waals surface area contributed by atoms with Gasteiger partial charge in [-0.15, -0.1) is 11.8 Å². The Bertz CT molecular complexity index is 431. The molecule has 3 nitrogen and oxygen atoms in total. The third kappa shape index (κ3) is 11.0. The summed E-state index contributed by atoms with van der Waals surface area (Å²) in [6.07, 6.45) is 4.68. The summed E-state index contributed by atoms with van der Waals surface area (Å²) in [5.41, 5.74) is 1.21. The number of carbonyl (C=O) groups excluding carboxylic acids is 1. The van der Waals surface area contributed by atoms with Gasteiger partial charge in [0.1, 0.15) is 0 Å². The van der Waals surface area contributed by atoms with Crippen molar-refractivity contribution in [1.29, 1.82) is 0 Å². The van der Waals surface area contributed by atoms with Gasteiger partial charge in [0.05, 0.1) is 13.0 Å². The maximum Gasteiger partial charge on any atom is 0.309 e. The average Bonchev–Trinajstić information content (AvgIpc) is 2.49. The monoisotopic (exact) mass is 500 g/mol. The van der Waals surface area contributed by atoms with Crippen LogP contribution < -0.4 is 0 Å². The highest BCUT2D eigenvalue weighted by Crippen LogP contribution is 2.37. The first-order chi connectivity index (χ1) is 11.5. The van der Waals surface area contributed by atoms with Gasteiger partial charge in [-0.1, -0.05) is 34.1 Å². The molecule has 25 heavy (non-hydrogen) atoms. The third-order valence-corrected chi connectivity index (χ3v) is 11.8. The molecule has 0 rings (SSSR count). The summed E-state index contributed by atoms with van der Waals surface area (Å²) in [6, 6.07) is 0. The van der Waals surface area contributed by atoms with Crippen molar-refractivity contribution in [3.63, 3.8) is 0 Å². The van der Waals surface area contributed by atoms with E-state index in [2.05, 4.69) is 63.4 Å². The van der Waals surface area contributed by atoms with E-state index in [1.807, 2.05) is 18.7 Å². The molecule has 0 unspecified atom stereocenters. The van der Waals surface area contributed by atoms with Crippen LogP contribution >= 0.6 is 34.4 Å². The first-order valence-corrected chi connectivity index (χ1v) is 14.3. The molecule has 0 aromatic rings. The summed E-state index contributed by atoms with van der Waals surface area (Å²) in [4.78, 5) is 11.9. The number of hydrogen-bond donors (Lipinski definition) is 0. The van der Waals surface area contributed by atoms with Gasteiger partial charge in [-0.3, -0.25) is 4.79 Å². The van der Waals surface area contributed by atoms with Crippen LogP contribution in [0.5, 0.6) is 0 Å². The van der Waals surface area contributed by atoms with Gasteiger partial charge in [0.15, 0.2) is 8.32 Å². The van der Waals surface area contributed by atoms with Crippen LogP contribution in [0.15, 0.2) is 8.48 Å². The highest BCUT2D eigenvalue weighted by atomic mass is 127. The number of ether oxygens (including phenoxy) is 1. The van der Waals surface area contributed by atoms with Crippen LogP contribution in [0.4, 0.5) is 0 Å². The summed E-state index contributed by atoms with van der Waals surface area (Å²) in [6.45, 7) is 16.6. The quantitative estimate of drug-likeness (QED) is 0.126. The number of thioether (sulfide) groups is 1. The van der Waals surface area contributed by atoms with E-state index in [1.165, 1.54) is 21.3 Å². The minimum absolute atomic E-state index is 0.118. The Morgan fingerprint density at radius 2 is 1.80 bits per heavy atom. The maximum atomic E-state index is 11.9. The van der Waals surface area contributed by atoms with Crippen molar-refractivity contribution in [2.24, 2.45) is 0 Å². The molecule has 148 valence electrons. The second-order valence-electron chi connectivity index (χ2n) is 7.77. The minimum Gasteiger partial charge on any atom is -0.466 e.